The Balaban J connectivity index is 1.05. The molecule has 0 unspecified atom stereocenters. The molecule has 0 aliphatic heterocycles. The summed E-state index contributed by atoms with van der Waals surface area (Å²) in [5.74, 6) is 0. The minimum atomic E-state index is -0.140. The van der Waals surface area contributed by atoms with Gasteiger partial charge in [0.1, 0.15) is 0 Å². The molecule has 1 aromatic heterocycles. The summed E-state index contributed by atoms with van der Waals surface area (Å²) in [6.45, 7) is 4.73. The Morgan fingerprint density at radius 3 is 1.67 bits per heavy atom. The van der Waals surface area contributed by atoms with Crippen LogP contribution in [0.1, 0.15) is 25.0 Å². The average molecular weight is 822 g/mol. The molecule has 0 spiro atoms. The first-order chi connectivity index (χ1) is 31.0. The van der Waals surface area contributed by atoms with Crippen molar-refractivity contribution in [2.45, 2.75) is 19.3 Å². The van der Waals surface area contributed by atoms with Gasteiger partial charge in [-0.25, -0.2) is 0 Å². The molecular formula is C61H43NS. The molecule has 0 radical (unpaired) electrons. The van der Waals surface area contributed by atoms with Crippen LogP contribution in [0.3, 0.4) is 0 Å². The summed E-state index contributed by atoms with van der Waals surface area (Å²) in [5, 5.41) is 5.23. The van der Waals surface area contributed by atoms with Gasteiger partial charge in [-0.15, -0.1) is 11.3 Å². The maximum absolute atomic E-state index is 2.48. The van der Waals surface area contributed by atoms with Gasteiger partial charge < -0.3 is 4.90 Å². The Kier molecular flexibility index (Phi) is 8.77. The van der Waals surface area contributed by atoms with E-state index in [2.05, 4.69) is 243 Å². The molecule has 0 amide bonds. The third-order valence-electron chi connectivity index (χ3n) is 13.3. The van der Waals surface area contributed by atoms with Gasteiger partial charge in [0.25, 0.3) is 0 Å². The van der Waals surface area contributed by atoms with Gasteiger partial charge >= 0.3 is 0 Å². The fraction of sp³-hybridized carbons (Fsp3) is 0.0492. The molecule has 1 aliphatic carbocycles. The summed E-state index contributed by atoms with van der Waals surface area (Å²) in [6.07, 6.45) is 0. The van der Waals surface area contributed by atoms with Gasteiger partial charge in [0, 0.05) is 42.5 Å². The van der Waals surface area contributed by atoms with Crippen molar-refractivity contribution in [1.82, 2.24) is 0 Å². The third-order valence-corrected chi connectivity index (χ3v) is 14.6. The molecule has 0 saturated heterocycles. The molecule has 11 aromatic rings. The fourth-order valence-corrected chi connectivity index (χ4v) is 11.5. The van der Waals surface area contributed by atoms with E-state index in [0.717, 1.165) is 17.1 Å². The van der Waals surface area contributed by atoms with Crippen LogP contribution in [0.4, 0.5) is 17.1 Å². The molecule has 1 aliphatic rings. The van der Waals surface area contributed by atoms with E-state index in [-0.39, 0.29) is 5.41 Å². The van der Waals surface area contributed by atoms with Gasteiger partial charge in [-0.05, 0) is 108 Å². The second-order valence-corrected chi connectivity index (χ2v) is 18.3. The van der Waals surface area contributed by atoms with Crippen molar-refractivity contribution in [3.05, 3.63) is 236 Å². The second kappa shape index (κ2) is 14.8. The number of nitrogens with zero attached hydrogens (tertiary/aromatic N) is 1. The summed E-state index contributed by atoms with van der Waals surface area (Å²) in [6, 6.07) is 82.8. The molecular weight excluding hydrogens is 779 g/mol. The van der Waals surface area contributed by atoms with E-state index in [1.165, 1.54) is 97.7 Å². The van der Waals surface area contributed by atoms with E-state index >= 15 is 0 Å². The van der Waals surface area contributed by atoms with Gasteiger partial charge in [0.15, 0.2) is 0 Å². The van der Waals surface area contributed by atoms with Gasteiger partial charge in [0.2, 0.25) is 0 Å². The lowest BCUT2D eigenvalue weighted by atomic mass is 9.82. The quantitative estimate of drug-likeness (QED) is 0.155. The normalized spacial score (nSPS) is 12.7. The zero-order valence-electron chi connectivity index (χ0n) is 35.2. The maximum atomic E-state index is 2.48. The van der Waals surface area contributed by atoms with Crippen molar-refractivity contribution < 1.29 is 0 Å². The summed E-state index contributed by atoms with van der Waals surface area (Å²) in [7, 11) is 0. The highest BCUT2D eigenvalue weighted by molar-refractivity contribution is 7.27. The molecule has 12 rings (SSSR count). The van der Waals surface area contributed by atoms with E-state index in [1.54, 1.807) is 0 Å². The Bertz CT molecular complexity index is 3520. The molecule has 0 saturated carbocycles. The minimum absolute atomic E-state index is 0.140. The van der Waals surface area contributed by atoms with Crippen LogP contribution >= 0.6 is 11.3 Å². The number of anilines is 3. The number of benzene rings is 10. The lowest BCUT2D eigenvalue weighted by molar-refractivity contribution is 0.660. The first-order valence-corrected chi connectivity index (χ1v) is 22.7. The van der Waals surface area contributed by atoms with Crippen molar-refractivity contribution in [3.8, 4) is 55.6 Å². The average Bonchev–Trinajstić information content (AvgIpc) is 3.85. The first kappa shape index (κ1) is 37.3. The van der Waals surface area contributed by atoms with Crippen LogP contribution in [0, 0.1) is 0 Å². The van der Waals surface area contributed by atoms with E-state index in [0.29, 0.717) is 0 Å². The van der Waals surface area contributed by atoms with Crippen LogP contribution in [-0.2, 0) is 5.41 Å². The van der Waals surface area contributed by atoms with Crippen LogP contribution in [0.5, 0.6) is 0 Å². The third kappa shape index (κ3) is 6.13. The monoisotopic (exact) mass is 821 g/mol. The predicted molar refractivity (Wildman–Crippen MR) is 271 cm³/mol. The number of fused-ring (bicyclic) bond motifs is 8. The topological polar surface area (TPSA) is 3.24 Å². The van der Waals surface area contributed by atoms with E-state index in [9.17, 15) is 0 Å². The van der Waals surface area contributed by atoms with Crippen molar-refractivity contribution in [1.29, 1.82) is 0 Å². The highest BCUT2D eigenvalue weighted by atomic mass is 32.1. The lowest BCUT2D eigenvalue weighted by Crippen LogP contribution is -2.17. The van der Waals surface area contributed by atoms with Crippen LogP contribution < -0.4 is 4.90 Å². The molecule has 298 valence electrons. The van der Waals surface area contributed by atoms with E-state index in [4.69, 9.17) is 0 Å². The molecule has 0 atom stereocenters. The summed E-state index contributed by atoms with van der Waals surface area (Å²) in [4.78, 5) is 2.48. The number of rotatable bonds is 7. The Hall–Kier alpha value is -7.52. The Labute approximate surface area is 372 Å². The van der Waals surface area contributed by atoms with Crippen molar-refractivity contribution in [2.75, 3.05) is 4.90 Å². The molecule has 1 nitrogen and oxygen atoms in total. The Morgan fingerprint density at radius 2 is 0.889 bits per heavy atom. The van der Waals surface area contributed by atoms with Crippen LogP contribution in [0.25, 0.3) is 86.6 Å². The lowest BCUT2D eigenvalue weighted by Gasteiger charge is -2.30. The highest BCUT2D eigenvalue weighted by Crippen LogP contribution is 2.52. The summed E-state index contributed by atoms with van der Waals surface area (Å²) >= 11 is 1.91. The fourth-order valence-electron chi connectivity index (χ4n) is 10.2. The van der Waals surface area contributed by atoms with Gasteiger partial charge in [-0.3, -0.25) is 0 Å². The highest BCUT2D eigenvalue weighted by Gasteiger charge is 2.36. The number of hydrogen-bond donors (Lipinski definition) is 0. The van der Waals surface area contributed by atoms with Crippen molar-refractivity contribution >= 4 is 59.3 Å². The SMILES string of the molecule is CC1(C)c2ccccc2-c2ccc(N(c3ccc(-c4cccc5c4sc4c6ccccc6ccc54)cc3)c3ccc(-c4ccccc4-c4ccccc4)cc3-c3ccccc3)cc21. The van der Waals surface area contributed by atoms with Gasteiger partial charge in [0.05, 0.1) is 5.69 Å². The van der Waals surface area contributed by atoms with E-state index in [1.807, 2.05) is 11.3 Å². The van der Waals surface area contributed by atoms with Crippen LogP contribution in [0.15, 0.2) is 224 Å². The number of hydrogen-bond acceptors (Lipinski definition) is 2. The second-order valence-electron chi connectivity index (χ2n) is 17.2. The first-order valence-electron chi connectivity index (χ1n) is 21.8. The van der Waals surface area contributed by atoms with Crippen LogP contribution in [-0.4, -0.2) is 0 Å². The predicted octanol–water partition coefficient (Wildman–Crippen LogP) is 17.7. The zero-order chi connectivity index (χ0) is 42.1. The summed E-state index contributed by atoms with van der Waals surface area (Å²) in [5.41, 5.74) is 18.2. The zero-order valence-corrected chi connectivity index (χ0v) is 36.0. The summed E-state index contributed by atoms with van der Waals surface area (Å²) < 4.78 is 2.68. The number of thiophene rings is 1. The largest absolute Gasteiger partial charge is 0.310 e. The standard InChI is InChI=1S/C61H43NS/c1-61(2)56-27-14-13-24-51(56)52-36-34-46(39-57(52)61)62(45-32-28-43(29-33-45)50-25-15-26-53-54-35-30-42-20-9-10-23-49(42)60(54)63-59(50)53)58-37-31-44(38-55(58)41-18-7-4-8-19-41)48-22-12-11-21-47(48)40-16-5-3-6-17-40/h3-39H,1-2H3. The maximum Gasteiger partial charge on any atom is 0.0540 e. The molecule has 0 N–H and O–H groups in total. The van der Waals surface area contributed by atoms with E-state index < -0.39 is 0 Å². The van der Waals surface area contributed by atoms with Gasteiger partial charge in [-0.2, -0.15) is 0 Å². The molecule has 0 fully saturated rings. The smallest absolute Gasteiger partial charge is 0.0540 e. The molecule has 63 heavy (non-hydrogen) atoms. The van der Waals surface area contributed by atoms with Gasteiger partial charge in [-0.1, -0.05) is 202 Å². The minimum Gasteiger partial charge on any atom is -0.310 e. The molecule has 10 aromatic carbocycles. The Morgan fingerprint density at radius 1 is 0.333 bits per heavy atom. The molecule has 2 heteroatoms. The van der Waals surface area contributed by atoms with Crippen molar-refractivity contribution in [3.63, 3.8) is 0 Å². The molecule has 0 bridgehead atoms. The van der Waals surface area contributed by atoms with Crippen molar-refractivity contribution in [2.24, 2.45) is 0 Å². The molecule has 1 heterocycles. The van der Waals surface area contributed by atoms with Crippen LogP contribution in [0.2, 0.25) is 0 Å².